The van der Waals surface area contributed by atoms with Crippen LogP contribution in [-0.2, 0) is 9.59 Å². The van der Waals surface area contributed by atoms with Crippen LogP contribution < -0.4 is 9.64 Å². The quantitative estimate of drug-likeness (QED) is 0.849. The fourth-order valence-electron chi connectivity index (χ4n) is 2.79. The second-order valence-corrected chi connectivity index (χ2v) is 5.69. The van der Waals surface area contributed by atoms with Crippen LogP contribution in [0.25, 0.3) is 0 Å². The number of ether oxygens (including phenoxy) is 1. The Balaban J connectivity index is 1.66. The van der Waals surface area contributed by atoms with Gasteiger partial charge in [0.25, 0.3) is 0 Å². The number of benzene rings is 1. The summed E-state index contributed by atoms with van der Waals surface area (Å²) >= 11 is 0. The molecule has 24 heavy (non-hydrogen) atoms. The summed E-state index contributed by atoms with van der Waals surface area (Å²) in [6.45, 7) is 2.89. The van der Waals surface area contributed by atoms with Gasteiger partial charge in [-0.25, -0.2) is 4.98 Å². The predicted molar refractivity (Wildman–Crippen MR) is 88.9 cm³/mol. The van der Waals surface area contributed by atoms with Crippen LogP contribution >= 0.6 is 0 Å². The topological polar surface area (TPSA) is 67.7 Å². The Labute approximate surface area is 140 Å². The summed E-state index contributed by atoms with van der Waals surface area (Å²) in [5, 5.41) is 0. The smallest absolute Gasteiger partial charge is 0.246 e. The van der Waals surface area contributed by atoms with Crippen LogP contribution in [0.3, 0.4) is 0 Å². The number of carbonyl (C=O) groups excluding carboxylic acids is 2. The molecule has 1 fully saturated rings. The number of hydrogen-bond donors (Lipinski definition) is 0. The van der Waals surface area contributed by atoms with E-state index in [9.17, 15) is 9.59 Å². The lowest BCUT2D eigenvalue weighted by molar-refractivity contribution is -0.139. The van der Waals surface area contributed by atoms with E-state index in [0.29, 0.717) is 13.1 Å². The fourth-order valence-corrected chi connectivity index (χ4v) is 2.79. The van der Waals surface area contributed by atoms with Gasteiger partial charge in [-0.3, -0.25) is 9.59 Å². The monoisotopic (exact) mass is 328 g/mol. The number of methoxy groups -OCH3 is 1. The van der Waals surface area contributed by atoms with Crippen molar-refractivity contribution in [2.45, 2.75) is 13.0 Å². The first-order chi connectivity index (χ1) is 11.6. The van der Waals surface area contributed by atoms with Crippen LogP contribution in [0, 0.1) is 0 Å². The van der Waals surface area contributed by atoms with Crippen molar-refractivity contribution in [3.8, 4) is 5.75 Å². The summed E-state index contributed by atoms with van der Waals surface area (Å²) in [6.07, 6.45) is 4.99. The molecule has 0 bridgehead atoms. The highest BCUT2D eigenvalue weighted by Crippen LogP contribution is 2.22. The molecule has 2 amide bonds. The zero-order valence-electron chi connectivity index (χ0n) is 13.8. The van der Waals surface area contributed by atoms with Gasteiger partial charge in [0.1, 0.15) is 18.3 Å². The van der Waals surface area contributed by atoms with Gasteiger partial charge in [-0.2, -0.15) is 0 Å². The summed E-state index contributed by atoms with van der Waals surface area (Å²) in [4.78, 5) is 32.3. The van der Waals surface area contributed by atoms with E-state index < -0.39 is 0 Å². The van der Waals surface area contributed by atoms with Crippen molar-refractivity contribution in [2.75, 3.05) is 31.6 Å². The molecule has 0 spiro atoms. The van der Waals surface area contributed by atoms with Crippen LogP contribution in [0.2, 0.25) is 0 Å². The van der Waals surface area contributed by atoms with Crippen molar-refractivity contribution in [3.63, 3.8) is 0 Å². The van der Waals surface area contributed by atoms with Gasteiger partial charge in [-0.05, 0) is 31.2 Å². The highest BCUT2D eigenvalue weighted by atomic mass is 16.5. The largest absolute Gasteiger partial charge is 0.497 e. The maximum Gasteiger partial charge on any atom is 0.246 e. The molecule has 7 heteroatoms. The van der Waals surface area contributed by atoms with Crippen molar-refractivity contribution >= 4 is 17.5 Å². The number of imidazole rings is 1. The molecule has 3 rings (SSSR count). The van der Waals surface area contributed by atoms with E-state index in [4.69, 9.17) is 4.74 Å². The van der Waals surface area contributed by atoms with E-state index in [-0.39, 0.29) is 24.4 Å². The highest BCUT2D eigenvalue weighted by molar-refractivity contribution is 5.98. The Kier molecular flexibility index (Phi) is 4.50. The maximum absolute atomic E-state index is 12.6. The molecule has 2 aromatic rings. The normalized spacial score (nSPS) is 16.2. The van der Waals surface area contributed by atoms with E-state index >= 15 is 0 Å². The molecule has 0 unspecified atom stereocenters. The molecule has 0 saturated carbocycles. The molecule has 1 aliphatic heterocycles. The van der Waals surface area contributed by atoms with E-state index in [1.165, 1.54) is 0 Å². The van der Waals surface area contributed by atoms with Gasteiger partial charge in [0.15, 0.2) is 0 Å². The standard InChI is InChI=1S/C17H20N4O3/c1-13(20-8-7-18-12-20)17(23)19-9-10-21(16(22)11-19)14-3-5-15(24-2)6-4-14/h3-8,12-13H,9-11H2,1-2H3/t13-/m0/s1. The highest BCUT2D eigenvalue weighted by Gasteiger charge is 2.30. The molecule has 0 N–H and O–H groups in total. The minimum atomic E-state index is -0.368. The Morgan fingerprint density at radius 2 is 2.00 bits per heavy atom. The van der Waals surface area contributed by atoms with Gasteiger partial charge >= 0.3 is 0 Å². The van der Waals surface area contributed by atoms with Gasteiger partial charge in [0.05, 0.1) is 13.4 Å². The van der Waals surface area contributed by atoms with E-state index in [2.05, 4.69) is 4.98 Å². The summed E-state index contributed by atoms with van der Waals surface area (Å²) in [7, 11) is 1.60. The summed E-state index contributed by atoms with van der Waals surface area (Å²) in [5.74, 6) is 0.586. The second-order valence-electron chi connectivity index (χ2n) is 5.69. The predicted octanol–water partition coefficient (Wildman–Crippen LogP) is 1.33. The van der Waals surface area contributed by atoms with Gasteiger partial charge in [-0.15, -0.1) is 0 Å². The zero-order chi connectivity index (χ0) is 17.1. The lowest BCUT2D eigenvalue weighted by Gasteiger charge is -2.35. The average molecular weight is 328 g/mol. The first-order valence-electron chi connectivity index (χ1n) is 7.81. The molecule has 126 valence electrons. The molecule has 2 heterocycles. The lowest BCUT2D eigenvalue weighted by atomic mass is 10.2. The molecule has 1 aliphatic rings. The first kappa shape index (κ1) is 16.0. The number of aromatic nitrogens is 2. The van der Waals surface area contributed by atoms with Gasteiger partial charge in [0, 0.05) is 31.2 Å². The van der Waals surface area contributed by atoms with Crippen molar-refractivity contribution in [1.82, 2.24) is 14.5 Å². The fraction of sp³-hybridized carbons (Fsp3) is 0.353. The number of rotatable bonds is 4. The molecular formula is C17H20N4O3. The van der Waals surface area contributed by atoms with Crippen molar-refractivity contribution in [1.29, 1.82) is 0 Å². The molecule has 0 aliphatic carbocycles. The number of carbonyl (C=O) groups is 2. The minimum absolute atomic E-state index is 0.0734. The first-order valence-corrected chi connectivity index (χ1v) is 7.81. The minimum Gasteiger partial charge on any atom is -0.497 e. The van der Waals surface area contributed by atoms with Crippen LogP contribution in [0.15, 0.2) is 43.0 Å². The lowest BCUT2D eigenvalue weighted by Crippen LogP contribution is -2.53. The Hall–Kier alpha value is -2.83. The van der Waals surface area contributed by atoms with Gasteiger partial charge < -0.3 is 19.1 Å². The Morgan fingerprint density at radius 1 is 1.25 bits per heavy atom. The van der Waals surface area contributed by atoms with Crippen LogP contribution in [0.5, 0.6) is 5.75 Å². The SMILES string of the molecule is COc1ccc(N2CCN(C(=O)[C@H](C)n3ccnc3)CC2=O)cc1. The van der Waals surface area contributed by atoms with E-state index in [1.54, 1.807) is 40.2 Å². The molecule has 1 atom stereocenters. The van der Waals surface area contributed by atoms with Crippen LogP contribution in [-0.4, -0.2) is 53.0 Å². The van der Waals surface area contributed by atoms with Gasteiger partial charge in [-0.1, -0.05) is 0 Å². The molecular weight excluding hydrogens is 308 g/mol. The van der Waals surface area contributed by atoms with Crippen molar-refractivity contribution < 1.29 is 14.3 Å². The molecule has 7 nitrogen and oxygen atoms in total. The number of anilines is 1. The summed E-state index contributed by atoms with van der Waals surface area (Å²) in [5.41, 5.74) is 0.815. The maximum atomic E-state index is 12.6. The molecule has 0 radical (unpaired) electrons. The second kappa shape index (κ2) is 6.74. The molecule has 1 aromatic carbocycles. The summed E-state index contributed by atoms with van der Waals surface area (Å²) < 4.78 is 6.87. The number of piperazine rings is 1. The number of amides is 2. The van der Waals surface area contributed by atoms with Crippen molar-refractivity contribution in [2.24, 2.45) is 0 Å². The number of nitrogens with zero attached hydrogens (tertiary/aromatic N) is 4. The Morgan fingerprint density at radius 3 is 2.58 bits per heavy atom. The zero-order valence-corrected chi connectivity index (χ0v) is 13.8. The number of hydrogen-bond acceptors (Lipinski definition) is 4. The summed E-state index contributed by atoms with van der Waals surface area (Å²) in [6, 6.07) is 6.97. The van der Waals surface area contributed by atoms with E-state index in [0.717, 1.165) is 11.4 Å². The van der Waals surface area contributed by atoms with Crippen LogP contribution in [0.4, 0.5) is 5.69 Å². The third-order valence-electron chi connectivity index (χ3n) is 4.25. The van der Waals surface area contributed by atoms with Gasteiger partial charge in [0.2, 0.25) is 11.8 Å². The van der Waals surface area contributed by atoms with Crippen molar-refractivity contribution in [3.05, 3.63) is 43.0 Å². The van der Waals surface area contributed by atoms with E-state index in [1.807, 2.05) is 31.2 Å². The Bertz CT molecular complexity index is 712. The average Bonchev–Trinajstić information content (AvgIpc) is 3.15. The molecule has 1 saturated heterocycles. The van der Waals surface area contributed by atoms with Crippen LogP contribution in [0.1, 0.15) is 13.0 Å². The third-order valence-corrected chi connectivity index (χ3v) is 4.25. The molecule has 1 aromatic heterocycles. The third kappa shape index (κ3) is 3.10.